The minimum absolute atomic E-state index is 0.176. The van der Waals surface area contributed by atoms with Crippen molar-refractivity contribution in [1.82, 2.24) is 9.97 Å². The number of nitrogens with two attached hydrogens (primary N) is 1. The molecule has 0 aliphatic heterocycles. The lowest BCUT2D eigenvalue weighted by molar-refractivity contribution is -0.141. The number of halogens is 3. The highest BCUT2D eigenvalue weighted by atomic mass is 19.4. The van der Waals surface area contributed by atoms with Crippen LogP contribution < -0.4 is 10.5 Å². The lowest BCUT2D eigenvalue weighted by Crippen LogP contribution is -2.11. The molecule has 1 aromatic carbocycles. The molecule has 5 nitrogen and oxygen atoms in total. The Bertz CT molecular complexity index is 679. The van der Waals surface area contributed by atoms with E-state index in [0.717, 1.165) is 0 Å². The smallest absolute Gasteiger partial charge is 0.433 e. The largest absolute Gasteiger partial charge is 0.439 e. The van der Waals surface area contributed by atoms with E-state index in [0.29, 0.717) is 11.6 Å². The van der Waals surface area contributed by atoms with E-state index < -0.39 is 17.8 Å². The van der Waals surface area contributed by atoms with Gasteiger partial charge in [-0.2, -0.15) is 23.4 Å². The molecule has 1 aromatic heterocycles. The maximum Gasteiger partial charge on any atom is 0.433 e. The van der Waals surface area contributed by atoms with Gasteiger partial charge in [0, 0.05) is 6.07 Å². The monoisotopic (exact) mass is 280 g/mol. The van der Waals surface area contributed by atoms with Crippen molar-refractivity contribution in [2.75, 3.05) is 5.73 Å². The van der Waals surface area contributed by atoms with Crippen LogP contribution in [0, 0.1) is 11.3 Å². The lowest BCUT2D eigenvalue weighted by Gasteiger charge is -2.09. The second-order valence-corrected chi connectivity index (χ2v) is 3.69. The fourth-order valence-electron chi connectivity index (χ4n) is 1.39. The summed E-state index contributed by atoms with van der Waals surface area (Å²) in [6.07, 6.45) is -4.65. The van der Waals surface area contributed by atoms with Crippen LogP contribution >= 0.6 is 0 Å². The molecular weight excluding hydrogens is 273 g/mol. The predicted octanol–water partition coefficient (Wildman–Crippen LogP) is 2.74. The van der Waals surface area contributed by atoms with Gasteiger partial charge in [-0.25, -0.2) is 4.98 Å². The third-order valence-electron chi connectivity index (χ3n) is 2.20. The molecule has 0 amide bonds. The van der Waals surface area contributed by atoms with Gasteiger partial charge in [0.1, 0.15) is 5.75 Å². The van der Waals surface area contributed by atoms with Gasteiger partial charge in [-0.15, -0.1) is 0 Å². The standard InChI is InChI=1S/C12H7F3N4O/c13-12(14,15)9-5-10(19-11(17)18-9)20-8-3-1-2-7(4-8)6-16/h1-5H,(H2,17,18,19). The van der Waals surface area contributed by atoms with Gasteiger partial charge < -0.3 is 10.5 Å². The van der Waals surface area contributed by atoms with Crippen LogP contribution in [-0.2, 0) is 6.18 Å². The number of alkyl halides is 3. The SMILES string of the molecule is N#Cc1cccc(Oc2cc(C(F)(F)F)nc(N)n2)c1. The normalized spacial score (nSPS) is 10.9. The maximum atomic E-state index is 12.6. The van der Waals surface area contributed by atoms with Crippen LogP contribution in [0.3, 0.4) is 0 Å². The Labute approximate surface area is 111 Å². The first-order valence-corrected chi connectivity index (χ1v) is 5.28. The summed E-state index contributed by atoms with van der Waals surface area (Å²) in [5.41, 5.74) is 4.32. The number of hydrogen-bond donors (Lipinski definition) is 1. The highest BCUT2D eigenvalue weighted by Gasteiger charge is 2.33. The number of rotatable bonds is 2. The summed E-state index contributed by atoms with van der Waals surface area (Å²) >= 11 is 0. The first-order valence-electron chi connectivity index (χ1n) is 5.28. The van der Waals surface area contributed by atoms with Gasteiger partial charge in [-0.3, -0.25) is 0 Å². The summed E-state index contributed by atoms with van der Waals surface area (Å²) in [6, 6.07) is 8.42. The van der Waals surface area contributed by atoms with Gasteiger partial charge in [-0.1, -0.05) is 6.07 Å². The molecule has 2 aromatic rings. The number of benzene rings is 1. The highest BCUT2D eigenvalue weighted by molar-refractivity contribution is 5.38. The van der Waals surface area contributed by atoms with E-state index >= 15 is 0 Å². The molecule has 0 unspecified atom stereocenters. The van der Waals surface area contributed by atoms with E-state index in [2.05, 4.69) is 9.97 Å². The van der Waals surface area contributed by atoms with Crippen LogP contribution in [0.1, 0.15) is 11.3 Å². The van der Waals surface area contributed by atoms with Crippen molar-refractivity contribution in [3.8, 4) is 17.7 Å². The van der Waals surface area contributed by atoms with Crippen LogP contribution in [-0.4, -0.2) is 9.97 Å². The number of aromatic nitrogens is 2. The van der Waals surface area contributed by atoms with Crippen molar-refractivity contribution in [2.24, 2.45) is 0 Å². The fraction of sp³-hybridized carbons (Fsp3) is 0.0833. The van der Waals surface area contributed by atoms with E-state index in [1.165, 1.54) is 24.3 Å². The number of anilines is 1. The maximum absolute atomic E-state index is 12.6. The molecule has 0 aliphatic carbocycles. The lowest BCUT2D eigenvalue weighted by atomic mass is 10.2. The molecule has 0 aliphatic rings. The number of nitrogens with zero attached hydrogens (tertiary/aromatic N) is 3. The predicted molar refractivity (Wildman–Crippen MR) is 62.7 cm³/mol. The summed E-state index contributed by atoms with van der Waals surface area (Å²) in [6.45, 7) is 0. The minimum atomic E-state index is -4.65. The van der Waals surface area contributed by atoms with Crippen molar-refractivity contribution in [3.05, 3.63) is 41.6 Å². The average Bonchev–Trinajstić information content (AvgIpc) is 2.37. The quantitative estimate of drug-likeness (QED) is 0.914. The molecule has 102 valence electrons. The van der Waals surface area contributed by atoms with E-state index in [-0.39, 0.29) is 11.6 Å². The summed E-state index contributed by atoms with van der Waals surface area (Å²) in [7, 11) is 0. The minimum Gasteiger partial charge on any atom is -0.439 e. The van der Waals surface area contributed by atoms with Gasteiger partial charge in [0.2, 0.25) is 11.8 Å². The molecule has 0 bridgehead atoms. The summed E-state index contributed by atoms with van der Waals surface area (Å²) < 4.78 is 42.8. The molecule has 1 heterocycles. The zero-order valence-corrected chi connectivity index (χ0v) is 9.85. The molecular formula is C12H7F3N4O. The molecule has 2 rings (SSSR count). The van der Waals surface area contributed by atoms with Crippen molar-refractivity contribution < 1.29 is 17.9 Å². The van der Waals surface area contributed by atoms with Crippen molar-refractivity contribution in [1.29, 1.82) is 5.26 Å². The van der Waals surface area contributed by atoms with Crippen molar-refractivity contribution in [2.45, 2.75) is 6.18 Å². The fourth-order valence-corrected chi connectivity index (χ4v) is 1.39. The van der Waals surface area contributed by atoms with E-state index in [1.54, 1.807) is 0 Å². The highest BCUT2D eigenvalue weighted by Crippen LogP contribution is 2.31. The molecule has 0 radical (unpaired) electrons. The second-order valence-electron chi connectivity index (χ2n) is 3.69. The molecule has 0 saturated heterocycles. The topological polar surface area (TPSA) is 84.8 Å². The summed E-state index contributed by atoms with van der Waals surface area (Å²) in [5, 5.41) is 8.72. The van der Waals surface area contributed by atoms with Crippen molar-refractivity contribution >= 4 is 5.95 Å². The van der Waals surface area contributed by atoms with Gasteiger partial charge in [0.15, 0.2) is 5.69 Å². The average molecular weight is 280 g/mol. The molecule has 2 N–H and O–H groups in total. The van der Waals surface area contributed by atoms with Gasteiger partial charge >= 0.3 is 6.18 Å². The Morgan fingerprint density at radius 2 is 1.95 bits per heavy atom. The van der Waals surface area contributed by atoms with Crippen LogP contribution in [0.25, 0.3) is 0 Å². The first-order chi connectivity index (χ1) is 9.38. The van der Waals surface area contributed by atoms with E-state index in [9.17, 15) is 13.2 Å². The van der Waals surface area contributed by atoms with Gasteiger partial charge in [0.05, 0.1) is 11.6 Å². The third kappa shape index (κ3) is 3.14. The van der Waals surface area contributed by atoms with Crippen LogP contribution in [0.15, 0.2) is 30.3 Å². The Kier molecular flexibility index (Phi) is 3.43. The van der Waals surface area contributed by atoms with Crippen LogP contribution in [0.2, 0.25) is 0 Å². The van der Waals surface area contributed by atoms with E-state index in [1.807, 2.05) is 6.07 Å². The zero-order chi connectivity index (χ0) is 14.8. The summed E-state index contributed by atoms with van der Waals surface area (Å²) in [5.74, 6) is -0.721. The van der Waals surface area contributed by atoms with Gasteiger partial charge in [-0.05, 0) is 18.2 Å². The molecule has 0 fully saturated rings. The number of nitriles is 1. The molecule has 0 saturated carbocycles. The number of nitrogen functional groups attached to an aromatic ring is 1. The second kappa shape index (κ2) is 5.05. The molecule has 0 atom stereocenters. The number of hydrogen-bond acceptors (Lipinski definition) is 5. The number of ether oxygens (including phenoxy) is 1. The van der Waals surface area contributed by atoms with Crippen molar-refractivity contribution in [3.63, 3.8) is 0 Å². The third-order valence-corrected chi connectivity index (χ3v) is 2.20. The van der Waals surface area contributed by atoms with Crippen LogP contribution in [0.5, 0.6) is 11.6 Å². The Hall–Kier alpha value is -2.82. The Balaban J connectivity index is 2.34. The van der Waals surface area contributed by atoms with Crippen LogP contribution in [0.4, 0.5) is 19.1 Å². The summed E-state index contributed by atoms with van der Waals surface area (Å²) in [4.78, 5) is 6.65. The molecule has 20 heavy (non-hydrogen) atoms. The molecule has 8 heteroatoms. The zero-order valence-electron chi connectivity index (χ0n) is 9.85. The Morgan fingerprint density at radius 3 is 2.60 bits per heavy atom. The van der Waals surface area contributed by atoms with E-state index in [4.69, 9.17) is 15.7 Å². The van der Waals surface area contributed by atoms with Gasteiger partial charge in [0.25, 0.3) is 0 Å². The first kappa shape index (κ1) is 13.6. The Morgan fingerprint density at radius 1 is 1.20 bits per heavy atom. The molecule has 0 spiro atoms.